The van der Waals surface area contributed by atoms with Crippen LogP contribution >= 0.6 is 11.6 Å². The first-order valence-electron chi connectivity index (χ1n) is 8.07. The molecule has 2 aliphatic heterocycles. The lowest BCUT2D eigenvalue weighted by Gasteiger charge is -2.25. The Bertz CT molecular complexity index is 724. The van der Waals surface area contributed by atoms with Gasteiger partial charge in [-0.05, 0) is 26.3 Å². The van der Waals surface area contributed by atoms with Crippen molar-refractivity contribution in [3.05, 3.63) is 28.1 Å². The van der Waals surface area contributed by atoms with Crippen LogP contribution in [0, 0.1) is 6.92 Å². The molecule has 23 heavy (non-hydrogen) atoms. The molecule has 0 bridgehead atoms. The van der Waals surface area contributed by atoms with E-state index in [4.69, 9.17) is 16.3 Å². The van der Waals surface area contributed by atoms with Crippen LogP contribution < -0.4 is 0 Å². The van der Waals surface area contributed by atoms with Crippen molar-refractivity contribution < 1.29 is 4.74 Å². The van der Waals surface area contributed by atoms with Crippen LogP contribution in [0.2, 0.25) is 5.15 Å². The Morgan fingerprint density at radius 2 is 2.17 bits per heavy atom. The largest absolute Gasteiger partial charge is 0.372 e. The molecule has 1 fully saturated rings. The first kappa shape index (κ1) is 15.1. The molecule has 1 atom stereocenters. The van der Waals surface area contributed by atoms with Crippen LogP contribution in [-0.4, -0.2) is 42.6 Å². The summed E-state index contributed by atoms with van der Waals surface area (Å²) in [7, 11) is 1.90. The second-order valence-electron chi connectivity index (χ2n) is 6.28. The number of fused-ring (bicyclic) bond motifs is 1. The molecule has 0 aliphatic carbocycles. The van der Waals surface area contributed by atoms with Gasteiger partial charge in [0.25, 0.3) is 0 Å². The summed E-state index contributed by atoms with van der Waals surface area (Å²) in [5.74, 6) is 1.95. The lowest BCUT2D eigenvalue weighted by Crippen LogP contribution is -2.27. The minimum Gasteiger partial charge on any atom is -0.372 e. The Labute approximate surface area is 140 Å². The van der Waals surface area contributed by atoms with Gasteiger partial charge in [-0.25, -0.2) is 0 Å². The van der Waals surface area contributed by atoms with Crippen molar-refractivity contribution in [2.75, 3.05) is 13.2 Å². The monoisotopic (exact) mass is 336 g/mol. The molecular weight excluding hydrogens is 316 g/mol. The number of aromatic nitrogens is 5. The summed E-state index contributed by atoms with van der Waals surface area (Å²) in [4.78, 5) is 2.45. The van der Waals surface area contributed by atoms with Crippen LogP contribution in [0.25, 0.3) is 0 Å². The smallest absolute Gasteiger partial charge is 0.159 e. The molecule has 1 saturated heterocycles. The molecule has 2 aromatic rings. The third kappa shape index (κ3) is 2.56. The maximum atomic E-state index is 6.48. The fraction of sp³-hybridized carbons (Fsp3) is 0.667. The normalized spacial score (nSPS) is 21.8. The highest BCUT2D eigenvalue weighted by atomic mass is 35.5. The predicted molar refractivity (Wildman–Crippen MR) is 85.0 cm³/mol. The lowest BCUT2D eigenvalue weighted by atomic mass is 10.1. The van der Waals surface area contributed by atoms with E-state index < -0.39 is 0 Å². The fourth-order valence-corrected chi connectivity index (χ4v) is 4.02. The molecule has 1 unspecified atom stereocenters. The Morgan fingerprint density at radius 1 is 1.30 bits per heavy atom. The van der Waals surface area contributed by atoms with E-state index in [0.717, 1.165) is 60.7 Å². The van der Waals surface area contributed by atoms with E-state index in [0.29, 0.717) is 12.6 Å². The second-order valence-corrected chi connectivity index (χ2v) is 6.64. The van der Waals surface area contributed by atoms with Crippen LogP contribution in [0.5, 0.6) is 0 Å². The minimum atomic E-state index is 0.309. The molecule has 0 N–H and O–H groups in total. The Balaban J connectivity index is 1.60. The van der Waals surface area contributed by atoms with E-state index in [1.165, 1.54) is 6.42 Å². The maximum Gasteiger partial charge on any atom is 0.159 e. The molecule has 4 rings (SSSR count). The van der Waals surface area contributed by atoms with Crippen molar-refractivity contribution in [3.63, 3.8) is 0 Å². The molecule has 4 heterocycles. The Morgan fingerprint density at radius 3 is 2.96 bits per heavy atom. The van der Waals surface area contributed by atoms with Crippen molar-refractivity contribution in [2.24, 2.45) is 7.05 Å². The third-order valence-corrected chi connectivity index (χ3v) is 5.28. The summed E-state index contributed by atoms with van der Waals surface area (Å²) in [6.45, 7) is 6.01. The van der Waals surface area contributed by atoms with E-state index in [1.807, 2.05) is 14.0 Å². The molecule has 0 radical (unpaired) electrons. The van der Waals surface area contributed by atoms with Gasteiger partial charge in [0.15, 0.2) is 5.82 Å². The van der Waals surface area contributed by atoms with Crippen LogP contribution in [0.1, 0.15) is 41.8 Å². The molecule has 0 aromatic carbocycles. The quantitative estimate of drug-likeness (QED) is 0.856. The summed E-state index contributed by atoms with van der Waals surface area (Å²) in [5, 5.41) is 13.8. The summed E-state index contributed by atoms with van der Waals surface area (Å²) >= 11 is 6.48. The van der Waals surface area contributed by atoms with Gasteiger partial charge in [-0.15, -0.1) is 10.2 Å². The summed E-state index contributed by atoms with van der Waals surface area (Å²) in [5.41, 5.74) is 2.18. The third-order valence-electron chi connectivity index (χ3n) is 4.83. The molecule has 0 amide bonds. The zero-order chi connectivity index (χ0) is 16.0. The van der Waals surface area contributed by atoms with Gasteiger partial charge >= 0.3 is 0 Å². The van der Waals surface area contributed by atoms with Gasteiger partial charge in [0.2, 0.25) is 0 Å². The van der Waals surface area contributed by atoms with Gasteiger partial charge in [-0.3, -0.25) is 9.58 Å². The highest BCUT2D eigenvalue weighted by Gasteiger charge is 2.32. The van der Waals surface area contributed by atoms with E-state index in [2.05, 4.69) is 24.8 Å². The topological polar surface area (TPSA) is 61.0 Å². The van der Waals surface area contributed by atoms with Gasteiger partial charge in [0.1, 0.15) is 17.6 Å². The number of hydrogen-bond donors (Lipinski definition) is 0. The predicted octanol–water partition coefficient (Wildman–Crippen LogP) is 1.84. The number of likely N-dealkylation sites (tertiary alicyclic amines) is 1. The van der Waals surface area contributed by atoms with Crippen molar-refractivity contribution in [1.29, 1.82) is 0 Å². The van der Waals surface area contributed by atoms with E-state index >= 15 is 0 Å². The van der Waals surface area contributed by atoms with Gasteiger partial charge < -0.3 is 9.30 Å². The van der Waals surface area contributed by atoms with E-state index in [1.54, 1.807) is 4.68 Å². The fourth-order valence-electron chi connectivity index (χ4n) is 3.72. The van der Waals surface area contributed by atoms with Crippen LogP contribution in [0.15, 0.2) is 0 Å². The van der Waals surface area contributed by atoms with Crippen molar-refractivity contribution in [2.45, 2.75) is 45.5 Å². The Hall–Kier alpha value is -1.44. The number of aryl methyl sites for hydroxylation is 2. The zero-order valence-corrected chi connectivity index (χ0v) is 14.3. The minimum absolute atomic E-state index is 0.309. The molecular formula is C15H21ClN6O. The van der Waals surface area contributed by atoms with Crippen molar-refractivity contribution in [1.82, 2.24) is 29.4 Å². The van der Waals surface area contributed by atoms with Crippen LogP contribution in [0.4, 0.5) is 0 Å². The van der Waals surface area contributed by atoms with Crippen molar-refractivity contribution >= 4 is 11.6 Å². The summed E-state index contributed by atoms with van der Waals surface area (Å²) in [6.07, 6.45) is 2.27. The SMILES string of the molecule is Cc1nn(C)c(Cl)c1C1CCCN1Cc1nnc2n1CCOC2. The Kier molecular flexibility index (Phi) is 3.87. The number of hydrogen-bond acceptors (Lipinski definition) is 5. The number of ether oxygens (including phenoxy) is 1. The average molecular weight is 337 g/mol. The molecule has 8 heteroatoms. The highest BCUT2D eigenvalue weighted by molar-refractivity contribution is 6.30. The first-order chi connectivity index (χ1) is 11.1. The van der Waals surface area contributed by atoms with Gasteiger partial charge in [-0.2, -0.15) is 5.10 Å². The molecule has 2 aromatic heterocycles. The number of halogens is 1. The van der Waals surface area contributed by atoms with E-state index in [-0.39, 0.29) is 0 Å². The lowest BCUT2D eigenvalue weighted by molar-refractivity contribution is 0.0794. The van der Waals surface area contributed by atoms with Crippen LogP contribution in [-0.2, 0) is 31.5 Å². The second kappa shape index (κ2) is 5.89. The van der Waals surface area contributed by atoms with Crippen molar-refractivity contribution in [3.8, 4) is 0 Å². The van der Waals surface area contributed by atoms with E-state index in [9.17, 15) is 0 Å². The maximum absolute atomic E-state index is 6.48. The van der Waals surface area contributed by atoms with Crippen LogP contribution in [0.3, 0.4) is 0 Å². The number of rotatable bonds is 3. The standard InChI is InChI=1S/C15H21ClN6O/c1-10-14(15(16)20(2)19-10)11-4-3-5-21(11)8-12-17-18-13-9-23-7-6-22(12)13/h11H,3-9H2,1-2H3. The molecule has 0 saturated carbocycles. The van der Waals surface area contributed by atoms with Gasteiger partial charge in [0.05, 0.1) is 18.8 Å². The highest BCUT2D eigenvalue weighted by Crippen LogP contribution is 2.38. The summed E-state index contributed by atoms with van der Waals surface area (Å²) in [6, 6.07) is 0.309. The molecule has 7 nitrogen and oxygen atoms in total. The molecule has 2 aliphatic rings. The van der Waals surface area contributed by atoms with Gasteiger partial charge in [-0.1, -0.05) is 11.6 Å². The molecule has 0 spiro atoms. The zero-order valence-electron chi connectivity index (χ0n) is 13.5. The van der Waals surface area contributed by atoms with Gasteiger partial charge in [0, 0.05) is 25.2 Å². The summed E-state index contributed by atoms with van der Waals surface area (Å²) < 4.78 is 9.39. The number of nitrogens with zero attached hydrogens (tertiary/aromatic N) is 6. The average Bonchev–Trinajstić information content (AvgIpc) is 3.21. The molecule has 124 valence electrons. The first-order valence-corrected chi connectivity index (χ1v) is 8.44.